The highest BCUT2D eigenvalue weighted by Crippen LogP contribution is 2.20. The highest BCUT2D eigenvalue weighted by molar-refractivity contribution is 6.30. The molecule has 5 nitrogen and oxygen atoms in total. The first-order valence-corrected chi connectivity index (χ1v) is 5.69. The van der Waals surface area contributed by atoms with Crippen LogP contribution in [0.15, 0.2) is 24.7 Å². The van der Waals surface area contributed by atoms with Crippen molar-refractivity contribution in [1.82, 2.24) is 20.2 Å². The van der Waals surface area contributed by atoms with E-state index in [2.05, 4.69) is 25.5 Å². The van der Waals surface area contributed by atoms with Crippen LogP contribution < -0.4 is 5.32 Å². The van der Waals surface area contributed by atoms with Gasteiger partial charge in [0.25, 0.3) is 0 Å². The van der Waals surface area contributed by atoms with Gasteiger partial charge in [-0.3, -0.25) is 0 Å². The molecule has 0 spiro atoms. The summed E-state index contributed by atoms with van der Waals surface area (Å²) in [5, 5.41) is 11.5. The fourth-order valence-corrected chi connectivity index (χ4v) is 1.73. The van der Waals surface area contributed by atoms with Crippen LogP contribution in [-0.4, -0.2) is 20.2 Å². The summed E-state index contributed by atoms with van der Waals surface area (Å²) in [6.07, 6.45) is 3.87. The summed E-state index contributed by atoms with van der Waals surface area (Å²) < 4.78 is 0. The van der Waals surface area contributed by atoms with E-state index in [9.17, 15) is 0 Å². The zero-order chi connectivity index (χ0) is 12.1. The Labute approximate surface area is 104 Å². The number of hydrogen-bond acceptors (Lipinski definition) is 5. The van der Waals surface area contributed by atoms with E-state index in [4.69, 9.17) is 11.6 Å². The second-order valence-electron chi connectivity index (χ2n) is 3.41. The number of rotatable bonds is 4. The summed E-state index contributed by atoms with van der Waals surface area (Å²) in [5.41, 5.74) is 1.77. The van der Waals surface area contributed by atoms with Gasteiger partial charge in [0, 0.05) is 11.8 Å². The van der Waals surface area contributed by atoms with Crippen molar-refractivity contribution in [3.8, 4) is 0 Å². The largest absolute Gasteiger partial charge is 0.364 e. The Morgan fingerprint density at radius 1 is 1.35 bits per heavy atom. The molecule has 2 heterocycles. The van der Waals surface area contributed by atoms with Crippen LogP contribution in [0, 0.1) is 0 Å². The van der Waals surface area contributed by atoms with E-state index >= 15 is 0 Å². The predicted octanol–water partition coefficient (Wildman–Crippen LogP) is 2.09. The number of nitrogens with zero attached hydrogens (tertiary/aromatic N) is 4. The minimum absolute atomic E-state index is 0.490. The minimum Gasteiger partial charge on any atom is -0.364 e. The Balaban J connectivity index is 2.12. The lowest BCUT2D eigenvalue weighted by atomic mass is 10.2. The predicted molar refractivity (Wildman–Crippen MR) is 65.8 cm³/mol. The van der Waals surface area contributed by atoms with Crippen LogP contribution in [0.2, 0.25) is 5.15 Å². The quantitative estimate of drug-likeness (QED) is 0.841. The fraction of sp³-hybridized carbons (Fsp3) is 0.273. The van der Waals surface area contributed by atoms with Gasteiger partial charge in [-0.25, -0.2) is 9.97 Å². The van der Waals surface area contributed by atoms with Gasteiger partial charge in [-0.15, -0.1) is 0 Å². The van der Waals surface area contributed by atoms with E-state index in [1.54, 1.807) is 6.20 Å². The third-order valence-electron chi connectivity index (χ3n) is 2.31. The number of anilines is 1. The third-order valence-corrected chi connectivity index (χ3v) is 2.64. The van der Waals surface area contributed by atoms with Gasteiger partial charge in [-0.1, -0.05) is 18.5 Å². The lowest BCUT2D eigenvalue weighted by molar-refractivity contribution is 0.913. The number of aromatic nitrogens is 4. The molecule has 0 aromatic carbocycles. The van der Waals surface area contributed by atoms with Crippen LogP contribution in [-0.2, 0) is 13.0 Å². The molecule has 0 amide bonds. The molecule has 0 radical (unpaired) electrons. The molecule has 17 heavy (non-hydrogen) atoms. The molecule has 2 aromatic rings. The summed E-state index contributed by atoms with van der Waals surface area (Å²) in [4.78, 5) is 8.12. The maximum Gasteiger partial charge on any atom is 0.137 e. The van der Waals surface area contributed by atoms with Crippen LogP contribution in [0.4, 0.5) is 5.82 Å². The molecule has 0 aliphatic carbocycles. The Kier molecular flexibility index (Phi) is 3.82. The van der Waals surface area contributed by atoms with Crippen LogP contribution in [0.25, 0.3) is 0 Å². The molecule has 0 fully saturated rings. The zero-order valence-electron chi connectivity index (χ0n) is 9.39. The van der Waals surface area contributed by atoms with Crippen molar-refractivity contribution in [2.45, 2.75) is 19.9 Å². The molecule has 2 aromatic heterocycles. The van der Waals surface area contributed by atoms with E-state index in [-0.39, 0.29) is 0 Å². The molecule has 0 saturated heterocycles. The van der Waals surface area contributed by atoms with Crippen molar-refractivity contribution in [2.24, 2.45) is 0 Å². The number of nitrogens with one attached hydrogen (secondary N) is 1. The molecule has 0 aliphatic heterocycles. The first kappa shape index (κ1) is 11.7. The second-order valence-corrected chi connectivity index (χ2v) is 3.77. The van der Waals surface area contributed by atoms with Crippen molar-refractivity contribution in [1.29, 1.82) is 0 Å². The minimum atomic E-state index is 0.490. The molecule has 0 bridgehead atoms. The van der Waals surface area contributed by atoms with E-state index in [0.29, 0.717) is 11.7 Å². The van der Waals surface area contributed by atoms with Gasteiger partial charge >= 0.3 is 0 Å². The molecular weight excluding hydrogens is 238 g/mol. The number of hydrogen-bond donors (Lipinski definition) is 1. The molecule has 0 aliphatic rings. The highest BCUT2D eigenvalue weighted by Gasteiger charge is 2.07. The summed E-state index contributed by atoms with van der Waals surface area (Å²) in [7, 11) is 0. The van der Waals surface area contributed by atoms with Crippen LogP contribution >= 0.6 is 11.6 Å². The van der Waals surface area contributed by atoms with Crippen LogP contribution in [0.3, 0.4) is 0 Å². The fourth-order valence-electron chi connectivity index (χ4n) is 1.46. The maximum atomic E-state index is 5.99. The zero-order valence-corrected chi connectivity index (χ0v) is 10.1. The van der Waals surface area contributed by atoms with E-state index in [1.165, 1.54) is 6.33 Å². The third kappa shape index (κ3) is 2.88. The Morgan fingerprint density at radius 2 is 2.24 bits per heavy atom. The Hall–Kier alpha value is -1.75. The lowest BCUT2D eigenvalue weighted by Crippen LogP contribution is -2.07. The van der Waals surface area contributed by atoms with Gasteiger partial charge in [0.15, 0.2) is 0 Å². The van der Waals surface area contributed by atoms with E-state index < -0.39 is 0 Å². The molecule has 1 N–H and O–H groups in total. The van der Waals surface area contributed by atoms with E-state index in [0.717, 1.165) is 23.5 Å². The molecule has 88 valence electrons. The average molecular weight is 250 g/mol. The van der Waals surface area contributed by atoms with Gasteiger partial charge in [0.2, 0.25) is 0 Å². The second kappa shape index (κ2) is 5.54. The SMILES string of the molecule is CCc1c(Cl)ncnc1NCc1cccnn1. The van der Waals surface area contributed by atoms with Gasteiger partial charge in [-0.05, 0) is 18.6 Å². The first-order chi connectivity index (χ1) is 8.31. The van der Waals surface area contributed by atoms with Gasteiger partial charge < -0.3 is 5.32 Å². The molecule has 0 atom stereocenters. The smallest absolute Gasteiger partial charge is 0.137 e. The van der Waals surface area contributed by atoms with Crippen molar-refractivity contribution in [3.63, 3.8) is 0 Å². The van der Waals surface area contributed by atoms with Crippen molar-refractivity contribution in [3.05, 3.63) is 41.1 Å². The summed E-state index contributed by atoms with van der Waals surface area (Å²) in [6, 6.07) is 3.74. The molecular formula is C11H12ClN5. The highest BCUT2D eigenvalue weighted by atomic mass is 35.5. The lowest BCUT2D eigenvalue weighted by Gasteiger charge is -2.09. The normalized spacial score (nSPS) is 10.2. The summed E-state index contributed by atoms with van der Waals surface area (Å²) in [5.74, 6) is 0.748. The average Bonchev–Trinajstić information content (AvgIpc) is 2.37. The monoisotopic (exact) mass is 249 g/mol. The van der Waals surface area contributed by atoms with Crippen LogP contribution in [0.1, 0.15) is 18.2 Å². The Bertz CT molecular complexity index is 488. The van der Waals surface area contributed by atoms with Gasteiger partial charge in [0.1, 0.15) is 17.3 Å². The number of halogens is 1. The molecule has 6 heteroatoms. The van der Waals surface area contributed by atoms with E-state index in [1.807, 2.05) is 19.1 Å². The first-order valence-electron chi connectivity index (χ1n) is 5.31. The standard InChI is InChI=1S/C11H12ClN5/c1-2-9-10(12)14-7-15-11(9)13-6-8-4-3-5-16-17-8/h3-5,7H,2,6H2,1H3,(H,13,14,15). The summed E-state index contributed by atoms with van der Waals surface area (Å²) >= 11 is 5.99. The van der Waals surface area contributed by atoms with Gasteiger partial charge in [-0.2, -0.15) is 10.2 Å². The van der Waals surface area contributed by atoms with Gasteiger partial charge in [0.05, 0.1) is 12.2 Å². The maximum absolute atomic E-state index is 5.99. The Morgan fingerprint density at radius 3 is 2.94 bits per heavy atom. The summed E-state index contributed by atoms with van der Waals surface area (Å²) in [6.45, 7) is 2.58. The molecule has 2 rings (SSSR count). The van der Waals surface area contributed by atoms with Crippen LogP contribution in [0.5, 0.6) is 0 Å². The topological polar surface area (TPSA) is 63.6 Å². The van der Waals surface area contributed by atoms with Crippen molar-refractivity contribution in [2.75, 3.05) is 5.32 Å². The molecule has 0 unspecified atom stereocenters. The molecule has 0 saturated carbocycles. The van der Waals surface area contributed by atoms with Crippen molar-refractivity contribution < 1.29 is 0 Å². The van der Waals surface area contributed by atoms with Crippen molar-refractivity contribution >= 4 is 17.4 Å².